The van der Waals surface area contributed by atoms with Crippen molar-refractivity contribution in [2.24, 2.45) is 0 Å². The Kier molecular flexibility index (Phi) is 9.38. The molecule has 5 rings (SSSR count). The predicted molar refractivity (Wildman–Crippen MR) is 151 cm³/mol. The Hall–Kier alpha value is -3.09. The number of aliphatic hydroxyl groups is 1. The molecule has 1 fully saturated rings. The molecule has 1 aliphatic rings. The van der Waals surface area contributed by atoms with E-state index in [1.165, 1.54) is 0 Å². The summed E-state index contributed by atoms with van der Waals surface area (Å²) in [6, 6.07) is 38.1. The van der Waals surface area contributed by atoms with Crippen molar-refractivity contribution < 1.29 is 28.4 Å². The normalized spacial score (nSPS) is 24.8. The lowest BCUT2D eigenvalue weighted by Gasteiger charge is -2.44. The molecule has 4 aromatic carbocycles. The van der Waals surface area contributed by atoms with Gasteiger partial charge in [0.1, 0.15) is 18.3 Å². The maximum atomic E-state index is 14.4. The van der Waals surface area contributed by atoms with Crippen molar-refractivity contribution in [2.45, 2.75) is 44.0 Å². The van der Waals surface area contributed by atoms with Gasteiger partial charge in [-0.3, -0.25) is 4.57 Å². The van der Waals surface area contributed by atoms with Crippen LogP contribution in [0, 0.1) is 0 Å². The monoisotopic (exact) mass is 544 g/mol. The summed E-state index contributed by atoms with van der Waals surface area (Å²) < 4.78 is 39.4. The van der Waals surface area contributed by atoms with Crippen LogP contribution in [0.2, 0.25) is 0 Å². The third-order valence-corrected chi connectivity index (χ3v) is 9.30. The molecule has 1 heterocycles. The number of hydrogen-bond donors (Lipinski definition) is 1. The van der Waals surface area contributed by atoms with E-state index in [0.29, 0.717) is 11.9 Å². The molecule has 0 amide bonds. The molecule has 0 spiro atoms. The third kappa shape index (κ3) is 6.92. The number of aliphatic hydroxyl groups excluding tert-OH is 1. The lowest BCUT2D eigenvalue weighted by Crippen LogP contribution is -2.55. The smallest absolute Gasteiger partial charge is 0.262 e. The zero-order valence-electron chi connectivity index (χ0n) is 21.6. The summed E-state index contributed by atoms with van der Waals surface area (Å²) >= 11 is 0. The second-order valence-corrected chi connectivity index (χ2v) is 12.0. The lowest BCUT2D eigenvalue weighted by atomic mass is 10.1. The van der Waals surface area contributed by atoms with Gasteiger partial charge in [-0.1, -0.05) is 109 Å². The highest BCUT2D eigenvalue weighted by Crippen LogP contribution is 2.57. The van der Waals surface area contributed by atoms with Gasteiger partial charge in [0.2, 0.25) is 0 Å². The Labute approximate surface area is 229 Å². The van der Waals surface area contributed by atoms with Crippen LogP contribution in [-0.4, -0.2) is 35.9 Å². The molecule has 7 heteroatoms. The molecule has 5 atom stereocenters. The van der Waals surface area contributed by atoms with Crippen molar-refractivity contribution in [1.29, 1.82) is 0 Å². The van der Waals surface area contributed by atoms with Crippen LogP contribution >= 0.6 is 7.37 Å². The molecule has 39 heavy (non-hydrogen) atoms. The number of ether oxygens (including phenoxy) is 3. The Balaban J connectivity index is 1.43. The second kappa shape index (κ2) is 13.3. The van der Waals surface area contributed by atoms with Gasteiger partial charge in [-0.15, -0.1) is 0 Å². The maximum absolute atomic E-state index is 14.4. The Morgan fingerprint density at radius 1 is 0.615 bits per heavy atom. The van der Waals surface area contributed by atoms with E-state index in [1.807, 2.05) is 97.1 Å². The van der Waals surface area contributed by atoms with E-state index in [1.54, 1.807) is 24.3 Å². The molecule has 4 aromatic rings. The Morgan fingerprint density at radius 3 is 1.56 bits per heavy atom. The van der Waals surface area contributed by atoms with Gasteiger partial charge in [-0.25, -0.2) is 0 Å². The second-order valence-electron chi connectivity index (χ2n) is 9.51. The first-order valence-corrected chi connectivity index (χ1v) is 14.8. The molecule has 6 nitrogen and oxygen atoms in total. The number of rotatable bonds is 11. The first-order valence-electron chi connectivity index (χ1n) is 13.1. The van der Waals surface area contributed by atoms with Gasteiger partial charge in [0.25, 0.3) is 7.37 Å². The SMILES string of the molecule is O=[P@@]1(c2ccccc2)O[C@H](COCc2ccccc2)[C@@H](OCc2ccccc2)[C@H](OCc2ccccc2)C1O. The summed E-state index contributed by atoms with van der Waals surface area (Å²) in [5.74, 6) is -1.42. The van der Waals surface area contributed by atoms with Crippen LogP contribution in [0.1, 0.15) is 16.7 Å². The molecule has 202 valence electrons. The minimum Gasteiger partial charge on any atom is -0.380 e. The van der Waals surface area contributed by atoms with Crippen LogP contribution < -0.4 is 5.30 Å². The van der Waals surface area contributed by atoms with Crippen LogP contribution in [0.4, 0.5) is 0 Å². The molecular formula is C32H33O6P. The van der Waals surface area contributed by atoms with Crippen molar-refractivity contribution in [3.63, 3.8) is 0 Å². The summed E-state index contributed by atoms with van der Waals surface area (Å²) in [6.07, 6.45) is -2.39. The topological polar surface area (TPSA) is 74.2 Å². The minimum atomic E-state index is -3.76. The largest absolute Gasteiger partial charge is 0.380 e. The molecular weight excluding hydrogens is 511 g/mol. The van der Waals surface area contributed by atoms with Gasteiger partial charge in [-0.05, 0) is 28.8 Å². The van der Waals surface area contributed by atoms with E-state index < -0.39 is 31.5 Å². The number of benzene rings is 4. The molecule has 0 aliphatic carbocycles. The highest BCUT2D eigenvalue weighted by atomic mass is 31.2. The first kappa shape index (κ1) is 27.5. The van der Waals surface area contributed by atoms with Gasteiger partial charge in [0.05, 0.1) is 26.4 Å². The van der Waals surface area contributed by atoms with E-state index in [4.69, 9.17) is 18.7 Å². The standard InChI is InChI=1S/C32H33O6P/c33-32-31(37-23-27-17-9-3-10-18-27)30(36-22-26-15-7-2-8-16-26)29(24-35-21-25-13-5-1-6-14-25)38-39(32,34)28-19-11-4-12-20-28/h1-20,29-33H,21-24H2/t29-,30-,31+,32?,39+/m1/s1. The number of hydrogen-bond acceptors (Lipinski definition) is 6. The Morgan fingerprint density at radius 2 is 1.05 bits per heavy atom. The summed E-state index contributed by atoms with van der Waals surface area (Å²) in [5.41, 5.74) is 2.91. The highest BCUT2D eigenvalue weighted by Gasteiger charge is 2.54. The summed E-state index contributed by atoms with van der Waals surface area (Å²) in [4.78, 5) is 0. The summed E-state index contributed by atoms with van der Waals surface area (Å²) in [7, 11) is -3.76. The predicted octanol–water partition coefficient (Wildman–Crippen LogP) is 5.69. The van der Waals surface area contributed by atoms with Crippen molar-refractivity contribution in [1.82, 2.24) is 0 Å². The van der Waals surface area contributed by atoms with Gasteiger partial charge >= 0.3 is 0 Å². The summed E-state index contributed by atoms with van der Waals surface area (Å²) in [6.45, 7) is 0.973. The quantitative estimate of drug-likeness (QED) is 0.245. The zero-order valence-corrected chi connectivity index (χ0v) is 22.5. The molecule has 0 bridgehead atoms. The fraction of sp³-hybridized carbons (Fsp3) is 0.250. The van der Waals surface area contributed by atoms with E-state index in [9.17, 15) is 9.67 Å². The van der Waals surface area contributed by atoms with Crippen molar-refractivity contribution in [3.8, 4) is 0 Å². The van der Waals surface area contributed by atoms with Crippen molar-refractivity contribution in [2.75, 3.05) is 6.61 Å². The van der Waals surface area contributed by atoms with Crippen LogP contribution in [0.15, 0.2) is 121 Å². The van der Waals surface area contributed by atoms with E-state index >= 15 is 0 Å². The summed E-state index contributed by atoms with van der Waals surface area (Å²) in [5, 5.41) is 12.0. The fourth-order valence-corrected chi connectivity index (χ4v) is 7.02. The third-order valence-electron chi connectivity index (χ3n) is 6.70. The maximum Gasteiger partial charge on any atom is 0.262 e. The first-order chi connectivity index (χ1) is 19.1. The molecule has 1 saturated heterocycles. The average molecular weight is 545 g/mol. The molecule has 0 radical (unpaired) electrons. The highest BCUT2D eigenvalue weighted by molar-refractivity contribution is 7.67. The lowest BCUT2D eigenvalue weighted by molar-refractivity contribution is -0.174. The zero-order chi connectivity index (χ0) is 26.9. The molecule has 0 aromatic heterocycles. The van der Waals surface area contributed by atoms with Crippen LogP contribution in [0.5, 0.6) is 0 Å². The minimum absolute atomic E-state index is 0.114. The molecule has 1 unspecified atom stereocenters. The van der Waals surface area contributed by atoms with Gasteiger partial charge in [0, 0.05) is 5.30 Å². The van der Waals surface area contributed by atoms with Crippen molar-refractivity contribution >= 4 is 12.7 Å². The van der Waals surface area contributed by atoms with Gasteiger partial charge in [0.15, 0.2) is 5.85 Å². The molecule has 1 N–H and O–H groups in total. The van der Waals surface area contributed by atoms with E-state index in [-0.39, 0.29) is 19.8 Å². The van der Waals surface area contributed by atoms with Crippen molar-refractivity contribution in [3.05, 3.63) is 138 Å². The van der Waals surface area contributed by atoms with E-state index in [0.717, 1.165) is 16.7 Å². The fourth-order valence-electron chi connectivity index (χ4n) is 4.66. The average Bonchev–Trinajstić information content (AvgIpc) is 2.99. The van der Waals surface area contributed by atoms with Gasteiger partial charge in [-0.2, -0.15) is 0 Å². The molecule has 1 aliphatic heterocycles. The Bertz CT molecular complexity index is 1320. The molecule has 0 saturated carbocycles. The van der Waals surface area contributed by atoms with Crippen LogP contribution in [0.25, 0.3) is 0 Å². The van der Waals surface area contributed by atoms with Crippen LogP contribution in [0.3, 0.4) is 0 Å². The van der Waals surface area contributed by atoms with E-state index in [2.05, 4.69) is 0 Å². The van der Waals surface area contributed by atoms with Crippen LogP contribution in [-0.2, 0) is 43.1 Å². The van der Waals surface area contributed by atoms with Gasteiger partial charge < -0.3 is 23.8 Å².